The summed E-state index contributed by atoms with van der Waals surface area (Å²) >= 11 is 2.08. The van der Waals surface area contributed by atoms with Gasteiger partial charge in [-0.2, -0.15) is 13.7 Å². The average Bonchev–Trinajstić information content (AvgIpc) is 2.84. The van der Waals surface area contributed by atoms with E-state index in [4.69, 9.17) is 4.18 Å². The molecule has 6 nitrogen and oxygen atoms in total. The topological polar surface area (TPSA) is 96.3 Å². The minimum atomic E-state index is -4.16. The summed E-state index contributed by atoms with van der Waals surface area (Å²) in [6, 6.07) is 27.5. The van der Waals surface area contributed by atoms with Crippen molar-refractivity contribution in [1.29, 1.82) is 5.26 Å². The lowest BCUT2D eigenvalue weighted by Gasteiger charge is -2.11. The molecule has 0 aromatic heterocycles. The van der Waals surface area contributed by atoms with Crippen LogP contribution in [-0.2, 0) is 14.9 Å². The molecule has 168 valence electrons. The van der Waals surface area contributed by atoms with E-state index in [0.717, 1.165) is 14.3 Å². The summed E-state index contributed by atoms with van der Waals surface area (Å²) in [7, 11) is -4.16. The molecule has 0 radical (unpaired) electrons. The Kier molecular flexibility index (Phi) is 6.95. The molecule has 1 amide bonds. The number of nitrogens with one attached hydrogen (secondary N) is 1. The number of nitrogens with zero attached hydrogens (tertiary/aromatic N) is 1. The molecule has 1 N–H and O–H groups in total. The smallest absolute Gasteiger partial charge is 0.339 e. The van der Waals surface area contributed by atoms with Gasteiger partial charge >= 0.3 is 10.1 Å². The van der Waals surface area contributed by atoms with Crippen molar-refractivity contribution in [2.24, 2.45) is 0 Å². The molecule has 0 aliphatic carbocycles. The van der Waals surface area contributed by atoms with Crippen molar-refractivity contribution in [2.45, 2.75) is 4.90 Å². The first kappa shape index (κ1) is 23.5. The maximum atomic E-state index is 13.0. The van der Waals surface area contributed by atoms with E-state index in [1.807, 2.05) is 42.5 Å². The minimum Gasteiger partial charge on any atom is -0.378 e. The number of anilines is 1. The van der Waals surface area contributed by atoms with Crippen molar-refractivity contribution in [1.82, 2.24) is 0 Å². The van der Waals surface area contributed by atoms with Gasteiger partial charge in [0.15, 0.2) is 0 Å². The predicted molar refractivity (Wildman–Crippen MR) is 140 cm³/mol. The van der Waals surface area contributed by atoms with E-state index in [-0.39, 0.29) is 21.8 Å². The third-order valence-electron chi connectivity index (χ3n) is 4.92. The molecule has 0 fully saturated rings. The number of fused-ring (bicyclic) bond motifs is 1. The number of amides is 1. The third kappa shape index (κ3) is 5.27. The highest BCUT2D eigenvalue weighted by Gasteiger charge is 2.19. The van der Waals surface area contributed by atoms with E-state index in [0.29, 0.717) is 5.69 Å². The summed E-state index contributed by atoms with van der Waals surface area (Å²) in [5.74, 6) is -0.607. The molecule has 34 heavy (non-hydrogen) atoms. The van der Waals surface area contributed by atoms with Gasteiger partial charge in [0, 0.05) is 9.13 Å². The van der Waals surface area contributed by atoms with E-state index < -0.39 is 16.0 Å². The Balaban J connectivity index is 1.64. The molecular formula is C26H17IN2O4S. The molecule has 0 saturated carbocycles. The summed E-state index contributed by atoms with van der Waals surface area (Å²) in [6.07, 6.45) is 1.30. The Bertz CT molecular complexity index is 1570. The molecule has 0 bridgehead atoms. The molecule has 4 rings (SSSR count). The van der Waals surface area contributed by atoms with Crippen LogP contribution in [0.2, 0.25) is 0 Å². The Morgan fingerprint density at radius 3 is 2.35 bits per heavy atom. The fraction of sp³-hybridized carbons (Fsp3) is 0. The molecule has 0 spiro atoms. The van der Waals surface area contributed by atoms with Crippen LogP contribution in [0.3, 0.4) is 0 Å². The molecule has 0 unspecified atom stereocenters. The van der Waals surface area contributed by atoms with Gasteiger partial charge < -0.3 is 9.50 Å². The van der Waals surface area contributed by atoms with Crippen LogP contribution in [0.5, 0.6) is 5.75 Å². The minimum absolute atomic E-state index is 0.00175. The first-order valence-electron chi connectivity index (χ1n) is 10.1. The van der Waals surface area contributed by atoms with Crippen LogP contribution in [0.25, 0.3) is 16.8 Å². The summed E-state index contributed by atoms with van der Waals surface area (Å²) in [5, 5.41) is 13.9. The van der Waals surface area contributed by atoms with Crippen LogP contribution >= 0.6 is 22.6 Å². The van der Waals surface area contributed by atoms with E-state index in [2.05, 4.69) is 27.9 Å². The second-order valence-corrected chi connectivity index (χ2v) is 9.90. The summed E-state index contributed by atoms with van der Waals surface area (Å²) in [5.41, 5.74) is 0.651. The Hall–Kier alpha value is -3.68. The lowest BCUT2D eigenvalue weighted by molar-refractivity contribution is -0.112. The first-order chi connectivity index (χ1) is 16.4. The molecule has 4 aromatic carbocycles. The molecule has 8 heteroatoms. The lowest BCUT2D eigenvalue weighted by atomic mass is 10.1. The van der Waals surface area contributed by atoms with Gasteiger partial charge in [0.1, 0.15) is 22.3 Å². The number of carbonyl (C=O) groups excluding carboxylic acids is 1. The molecule has 0 aliphatic heterocycles. The molecule has 4 aromatic rings. The molecule has 0 atom stereocenters. The predicted octanol–water partition coefficient (Wildman–Crippen LogP) is 5.76. The molecule has 0 aliphatic rings. The highest BCUT2D eigenvalue weighted by molar-refractivity contribution is 14.1. The number of hydrogen-bond acceptors (Lipinski definition) is 5. The van der Waals surface area contributed by atoms with Crippen molar-refractivity contribution in [3.63, 3.8) is 0 Å². The number of benzene rings is 4. The van der Waals surface area contributed by atoms with Crippen LogP contribution in [0, 0.1) is 14.9 Å². The lowest BCUT2D eigenvalue weighted by Crippen LogP contribution is -2.14. The van der Waals surface area contributed by atoms with Gasteiger partial charge in [0.05, 0.1) is 5.69 Å². The fourth-order valence-electron chi connectivity index (χ4n) is 3.22. The number of nitriles is 1. The second kappa shape index (κ2) is 10.1. The normalized spacial score (nSPS) is 11.6. The van der Waals surface area contributed by atoms with Crippen LogP contribution < -0.4 is 9.50 Å². The Morgan fingerprint density at radius 1 is 0.912 bits per heavy atom. The van der Waals surface area contributed by atoms with Gasteiger partial charge in [0.25, 0.3) is 5.91 Å². The standard InChI is InChI=1S/C26H17IN2O4S/c27-23-10-4-5-11-24(23)29-26(30)21(17-28)15-20-9-3-6-12-25(20)33-34(31,32)22-14-13-18-7-1-2-8-19(18)16-22/h1-16H,(H,29,30)/b21-15-. The zero-order valence-corrected chi connectivity index (χ0v) is 20.6. The SMILES string of the molecule is N#C/C(=C/c1ccccc1OS(=O)(=O)c1ccc2ccccc2c1)C(=O)Nc1ccccc1I. The van der Waals surface area contributed by atoms with Crippen molar-refractivity contribution in [2.75, 3.05) is 5.32 Å². The highest BCUT2D eigenvalue weighted by atomic mass is 127. The second-order valence-electron chi connectivity index (χ2n) is 7.19. The Labute approximate surface area is 210 Å². The molecule has 0 heterocycles. The maximum Gasteiger partial charge on any atom is 0.339 e. The zero-order valence-electron chi connectivity index (χ0n) is 17.6. The summed E-state index contributed by atoms with van der Waals surface area (Å²) in [4.78, 5) is 12.7. The van der Waals surface area contributed by atoms with Gasteiger partial charge in [-0.3, -0.25) is 4.79 Å². The van der Waals surface area contributed by atoms with Gasteiger partial charge in [0.2, 0.25) is 0 Å². The number of para-hydroxylation sites is 2. The fourth-order valence-corrected chi connectivity index (χ4v) is 4.73. The van der Waals surface area contributed by atoms with E-state index in [9.17, 15) is 18.5 Å². The van der Waals surface area contributed by atoms with Crippen LogP contribution in [0.4, 0.5) is 5.69 Å². The van der Waals surface area contributed by atoms with Crippen LogP contribution in [0.15, 0.2) is 101 Å². The van der Waals surface area contributed by atoms with Crippen LogP contribution in [-0.4, -0.2) is 14.3 Å². The monoisotopic (exact) mass is 580 g/mol. The van der Waals surface area contributed by atoms with Gasteiger partial charge in [-0.1, -0.05) is 60.7 Å². The van der Waals surface area contributed by atoms with E-state index in [1.54, 1.807) is 42.5 Å². The number of hydrogen-bond donors (Lipinski definition) is 1. The zero-order chi connectivity index (χ0) is 24.1. The molecule has 0 saturated heterocycles. The molecular weight excluding hydrogens is 563 g/mol. The summed E-state index contributed by atoms with van der Waals surface area (Å²) < 4.78 is 32.2. The third-order valence-corrected chi connectivity index (χ3v) is 7.09. The van der Waals surface area contributed by atoms with Gasteiger partial charge in [-0.25, -0.2) is 0 Å². The van der Waals surface area contributed by atoms with Gasteiger partial charge in [-0.05, 0) is 69.8 Å². The number of rotatable bonds is 6. The average molecular weight is 580 g/mol. The number of carbonyl (C=O) groups is 1. The maximum absolute atomic E-state index is 13.0. The van der Waals surface area contributed by atoms with Gasteiger partial charge in [-0.15, -0.1) is 0 Å². The summed E-state index contributed by atoms with van der Waals surface area (Å²) in [6.45, 7) is 0. The van der Waals surface area contributed by atoms with Crippen molar-refractivity contribution in [3.8, 4) is 11.8 Å². The Morgan fingerprint density at radius 2 is 1.59 bits per heavy atom. The highest BCUT2D eigenvalue weighted by Crippen LogP contribution is 2.27. The van der Waals surface area contributed by atoms with E-state index in [1.165, 1.54) is 18.2 Å². The van der Waals surface area contributed by atoms with Crippen molar-refractivity contribution in [3.05, 3.63) is 106 Å². The van der Waals surface area contributed by atoms with Crippen LogP contribution in [0.1, 0.15) is 5.56 Å². The van der Waals surface area contributed by atoms with E-state index >= 15 is 0 Å². The first-order valence-corrected chi connectivity index (χ1v) is 12.6. The quantitative estimate of drug-likeness (QED) is 0.136. The van der Waals surface area contributed by atoms with Crippen molar-refractivity contribution < 1.29 is 17.4 Å². The number of halogens is 1. The largest absolute Gasteiger partial charge is 0.378 e. The van der Waals surface area contributed by atoms with Crippen molar-refractivity contribution >= 4 is 61.2 Å².